The maximum absolute atomic E-state index is 14.3. The van der Waals surface area contributed by atoms with E-state index in [1.54, 1.807) is 60.7 Å². The van der Waals surface area contributed by atoms with E-state index in [1.807, 2.05) is 58.0 Å². The van der Waals surface area contributed by atoms with Crippen LogP contribution in [-0.4, -0.2) is 43.8 Å². The summed E-state index contributed by atoms with van der Waals surface area (Å²) in [6, 6.07) is 28.3. The molecule has 4 rings (SSSR count). The van der Waals surface area contributed by atoms with Crippen molar-refractivity contribution in [1.29, 1.82) is 0 Å². The molecule has 4 aromatic carbocycles. The van der Waals surface area contributed by atoms with Gasteiger partial charge in [0.2, 0.25) is 11.8 Å². The minimum Gasteiger partial charge on any atom is -0.457 e. The van der Waals surface area contributed by atoms with E-state index in [-0.39, 0.29) is 29.1 Å². The first-order valence-electron chi connectivity index (χ1n) is 15.3. The van der Waals surface area contributed by atoms with E-state index in [0.29, 0.717) is 34.9 Å². The molecule has 0 aliphatic rings. The topological polar surface area (TPSA) is 96.0 Å². The number of para-hydroxylation sites is 1. The minimum atomic E-state index is -4.21. The highest BCUT2D eigenvalue weighted by molar-refractivity contribution is 7.92. The molecule has 4 aromatic rings. The maximum atomic E-state index is 14.3. The van der Waals surface area contributed by atoms with Crippen LogP contribution in [0.5, 0.6) is 11.5 Å². The number of hydrogen-bond acceptors (Lipinski definition) is 5. The number of ether oxygens (including phenoxy) is 1. The maximum Gasteiger partial charge on any atom is 0.264 e. The highest BCUT2D eigenvalue weighted by atomic mass is 35.5. The number of nitrogens with one attached hydrogen (secondary N) is 1. The zero-order valence-corrected chi connectivity index (χ0v) is 28.1. The van der Waals surface area contributed by atoms with E-state index in [0.717, 1.165) is 9.87 Å². The van der Waals surface area contributed by atoms with Crippen LogP contribution in [0.1, 0.15) is 44.7 Å². The van der Waals surface area contributed by atoms with E-state index in [2.05, 4.69) is 5.32 Å². The third kappa shape index (κ3) is 8.68. The number of anilines is 1. The summed E-state index contributed by atoms with van der Waals surface area (Å²) in [5.74, 6) is 0.270. The first kappa shape index (κ1) is 34.5. The standard InChI is InChI=1S/C36H40ClN3O5S/c1-5-27(4)38-36(42)34(6-2)39(24-28-12-10-11-15-33(28)37)35(41)25-40(46(43,44)32-22-16-26(3)17-23-32)29-18-20-31(21-19-29)45-30-13-8-7-9-14-30/h7-23,27,34H,5-6,24-25H2,1-4H3,(H,38,42)/t27-,34-/m1/s1. The summed E-state index contributed by atoms with van der Waals surface area (Å²) >= 11 is 6.49. The molecule has 0 fully saturated rings. The first-order chi connectivity index (χ1) is 22.0. The minimum absolute atomic E-state index is 0.0210. The first-order valence-corrected chi connectivity index (χ1v) is 17.1. The van der Waals surface area contributed by atoms with Gasteiger partial charge in [-0.05, 0) is 86.8 Å². The van der Waals surface area contributed by atoms with Gasteiger partial charge in [-0.2, -0.15) is 0 Å². The van der Waals surface area contributed by atoms with Crippen LogP contribution in [0.2, 0.25) is 5.02 Å². The van der Waals surface area contributed by atoms with Gasteiger partial charge in [-0.3, -0.25) is 13.9 Å². The average molecular weight is 662 g/mol. The molecule has 10 heteroatoms. The predicted octanol–water partition coefficient (Wildman–Crippen LogP) is 7.36. The number of sulfonamides is 1. The van der Waals surface area contributed by atoms with Crippen molar-refractivity contribution in [2.24, 2.45) is 0 Å². The number of halogens is 1. The predicted molar refractivity (Wildman–Crippen MR) is 183 cm³/mol. The molecule has 2 amide bonds. The Morgan fingerprint density at radius 2 is 1.43 bits per heavy atom. The number of carbonyl (C=O) groups excluding carboxylic acids is 2. The van der Waals surface area contributed by atoms with Gasteiger partial charge in [0.05, 0.1) is 10.6 Å². The third-order valence-corrected chi connectivity index (χ3v) is 9.83. The fourth-order valence-electron chi connectivity index (χ4n) is 4.84. The van der Waals surface area contributed by atoms with Crippen molar-refractivity contribution in [3.63, 3.8) is 0 Å². The van der Waals surface area contributed by atoms with Gasteiger partial charge < -0.3 is 15.0 Å². The van der Waals surface area contributed by atoms with Gasteiger partial charge in [0.25, 0.3) is 10.0 Å². The van der Waals surface area contributed by atoms with Crippen molar-refractivity contribution in [3.05, 3.63) is 119 Å². The summed E-state index contributed by atoms with van der Waals surface area (Å²) in [5.41, 5.74) is 1.81. The molecule has 0 aromatic heterocycles. The summed E-state index contributed by atoms with van der Waals surface area (Å²) in [7, 11) is -4.21. The van der Waals surface area contributed by atoms with Crippen LogP contribution < -0.4 is 14.4 Å². The molecule has 0 aliphatic heterocycles. The SMILES string of the molecule is CC[C@@H](C)NC(=O)[C@@H](CC)N(Cc1ccccc1Cl)C(=O)CN(c1ccc(Oc2ccccc2)cc1)S(=O)(=O)c1ccc(C)cc1. The molecule has 0 spiro atoms. The Morgan fingerprint density at radius 1 is 0.826 bits per heavy atom. The molecule has 0 saturated heterocycles. The molecule has 242 valence electrons. The summed E-state index contributed by atoms with van der Waals surface area (Å²) in [6.45, 7) is 7.01. The second-order valence-corrected chi connectivity index (χ2v) is 13.4. The van der Waals surface area contributed by atoms with Gasteiger partial charge in [0.15, 0.2) is 0 Å². The van der Waals surface area contributed by atoms with Crippen LogP contribution in [0.3, 0.4) is 0 Å². The smallest absolute Gasteiger partial charge is 0.264 e. The molecule has 8 nitrogen and oxygen atoms in total. The summed E-state index contributed by atoms with van der Waals surface area (Å²) in [6.07, 6.45) is 1.03. The fraction of sp³-hybridized carbons (Fsp3) is 0.278. The Kier molecular flexibility index (Phi) is 11.8. The lowest BCUT2D eigenvalue weighted by Gasteiger charge is -2.34. The van der Waals surface area contributed by atoms with Crippen molar-refractivity contribution in [1.82, 2.24) is 10.2 Å². The van der Waals surface area contributed by atoms with Gasteiger partial charge in [0, 0.05) is 17.6 Å². The normalized spacial score (nSPS) is 12.5. The molecule has 0 aliphatic carbocycles. The Balaban J connectivity index is 1.73. The van der Waals surface area contributed by atoms with Crippen LogP contribution >= 0.6 is 11.6 Å². The second kappa shape index (κ2) is 15.8. The second-order valence-electron chi connectivity index (χ2n) is 11.1. The quantitative estimate of drug-likeness (QED) is 0.152. The molecule has 0 saturated carbocycles. The van der Waals surface area contributed by atoms with Crippen LogP contribution in [0.15, 0.2) is 108 Å². The number of rotatable bonds is 14. The molecule has 1 N–H and O–H groups in total. The Labute approximate surface area is 277 Å². The van der Waals surface area contributed by atoms with Gasteiger partial charge in [0.1, 0.15) is 24.1 Å². The van der Waals surface area contributed by atoms with Crippen molar-refractivity contribution >= 4 is 39.1 Å². The van der Waals surface area contributed by atoms with E-state index in [1.165, 1.54) is 17.0 Å². The fourth-order valence-corrected chi connectivity index (χ4v) is 6.45. The van der Waals surface area contributed by atoms with Crippen molar-refractivity contribution < 1.29 is 22.7 Å². The van der Waals surface area contributed by atoms with Crippen LogP contribution in [0, 0.1) is 6.92 Å². The van der Waals surface area contributed by atoms with Crippen LogP contribution in [0.25, 0.3) is 0 Å². The number of nitrogens with zero attached hydrogens (tertiary/aromatic N) is 2. The van der Waals surface area contributed by atoms with E-state index >= 15 is 0 Å². The van der Waals surface area contributed by atoms with Crippen LogP contribution in [-0.2, 0) is 26.2 Å². The molecule has 0 heterocycles. The van der Waals surface area contributed by atoms with E-state index < -0.39 is 28.5 Å². The molecule has 0 bridgehead atoms. The van der Waals surface area contributed by atoms with Crippen molar-refractivity contribution in [2.75, 3.05) is 10.8 Å². The zero-order chi connectivity index (χ0) is 33.3. The summed E-state index contributed by atoms with van der Waals surface area (Å²) in [5, 5.41) is 3.42. The Morgan fingerprint density at radius 3 is 2.04 bits per heavy atom. The largest absolute Gasteiger partial charge is 0.457 e. The molecule has 46 heavy (non-hydrogen) atoms. The number of aryl methyl sites for hydroxylation is 1. The molecule has 2 atom stereocenters. The summed E-state index contributed by atoms with van der Waals surface area (Å²) in [4.78, 5) is 29.2. The van der Waals surface area contributed by atoms with Crippen molar-refractivity contribution in [3.8, 4) is 11.5 Å². The Bertz CT molecular complexity index is 1720. The third-order valence-electron chi connectivity index (χ3n) is 7.68. The van der Waals surface area contributed by atoms with E-state index in [4.69, 9.17) is 16.3 Å². The molecule has 0 radical (unpaired) electrons. The lowest BCUT2D eigenvalue weighted by Crippen LogP contribution is -2.53. The Hall–Kier alpha value is -4.34. The molecule has 0 unspecified atom stereocenters. The van der Waals surface area contributed by atoms with Gasteiger partial charge in [-0.15, -0.1) is 0 Å². The van der Waals surface area contributed by atoms with Crippen LogP contribution in [0.4, 0.5) is 5.69 Å². The molecular formula is C36H40ClN3O5S. The number of hydrogen-bond donors (Lipinski definition) is 1. The van der Waals surface area contributed by atoms with Crippen molar-refractivity contribution in [2.45, 2.75) is 64.1 Å². The van der Waals surface area contributed by atoms with Gasteiger partial charge in [-0.1, -0.05) is 79.5 Å². The summed E-state index contributed by atoms with van der Waals surface area (Å²) < 4.78 is 35.3. The lowest BCUT2D eigenvalue weighted by atomic mass is 10.1. The van der Waals surface area contributed by atoms with Gasteiger partial charge >= 0.3 is 0 Å². The highest BCUT2D eigenvalue weighted by Gasteiger charge is 2.34. The number of carbonyl (C=O) groups is 2. The zero-order valence-electron chi connectivity index (χ0n) is 26.5. The lowest BCUT2D eigenvalue weighted by molar-refractivity contribution is -0.140. The number of amides is 2. The highest BCUT2D eigenvalue weighted by Crippen LogP contribution is 2.29. The molecular weight excluding hydrogens is 622 g/mol. The number of benzene rings is 4. The monoisotopic (exact) mass is 661 g/mol. The average Bonchev–Trinajstić information content (AvgIpc) is 3.05. The van der Waals surface area contributed by atoms with Gasteiger partial charge in [-0.25, -0.2) is 8.42 Å². The van der Waals surface area contributed by atoms with E-state index in [9.17, 15) is 18.0 Å².